The van der Waals surface area contributed by atoms with Gasteiger partial charge in [0.15, 0.2) is 0 Å². The third-order valence-corrected chi connectivity index (χ3v) is 3.92. The molecule has 0 aromatic rings. The summed E-state index contributed by atoms with van der Waals surface area (Å²) in [7, 11) is 0. The zero-order chi connectivity index (χ0) is 12.3. The molecule has 92 valence electrons. The smallest absolute Gasteiger partial charge is 0.327 e. The van der Waals surface area contributed by atoms with Gasteiger partial charge in [0, 0.05) is 18.1 Å². The van der Waals surface area contributed by atoms with Crippen molar-refractivity contribution in [1.82, 2.24) is 4.90 Å². The number of hydrogen-bond acceptors (Lipinski definition) is 4. The van der Waals surface area contributed by atoms with Gasteiger partial charge in [0.1, 0.15) is 6.04 Å². The van der Waals surface area contributed by atoms with Gasteiger partial charge in [-0.15, -0.1) is 0 Å². The normalized spacial score (nSPS) is 24.9. The molecule has 6 heteroatoms. The van der Waals surface area contributed by atoms with Crippen molar-refractivity contribution in [3.05, 3.63) is 0 Å². The Kier molecular flexibility index (Phi) is 4.21. The molecule has 1 rings (SSSR count). The van der Waals surface area contributed by atoms with Gasteiger partial charge in [0.25, 0.3) is 0 Å². The molecule has 1 fully saturated rings. The summed E-state index contributed by atoms with van der Waals surface area (Å²) in [5, 5.41) is 9.05. The highest BCUT2D eigenvalue weighted by molar-refractivity contribution is 7.99. The van der Waals surface area contributed by atoms with Crippen molar-refractivity contribution in [2.75, 3.05) is 18.1 Å². The molecule has 0 radical (unpaired) electrons. The Bertz CT molecular complexity index is 294. The van der Waals surface area contributed by atoms with Crippen molar-refractivity contribution in [1.29, 1.82) is 0 Å². The van der Waals surface area contributed by atoms with Crippen LogP contribution in [0.1, 0.15) is 20.3 Å². The van der Waals surface area contributed by atoms with Crippen molar-refractivity contribution in [3.8, 4) is 0 Å². The lowest BCUT2D eigenvalue weighted by Gasteiger charge is -2.37. The first kappa shape index (κ1) is 13.3. The van der Waals surface area contributed by atoms with Crippen LogP contribution < -0.4 is 5.73 Å². The third-order valence-electron chi connectivity index (χ3n) is 2.90. The van der Waals surface area contributed by atoms with Crippen LogP contribution in [0.4, 0.5) is 0 Å². The Hall–Kier alpha value is -0.750. The number of carboxylic acid groups (broad SMARTS) is 1. The van der Waals surface area contributed by atoms with E-state index in [0.29, 0.717) is 18.7 Å². The van der Waals surface area contributed by atoms with Crippen LogP contribution in [0, 0.1) is 0 Å². The van der Waals surface area contributed by atoms with E-state index in [0.717, 1.165) is 5.75 Å². The Balaban J connectivity index is 2.83. The van der Waals surface area contributed by atoms with Crippen molar-refractivity contribution >= 4 is 23.6 Å². The summed E-state index contributed by atoms with van der Waals surface area (Å²) < 4.78 is 0. The van der Waals surface area contributed by atoms with Gasteiger partial charge in [-0.2, -0.15) is 11.8 Å². The number of carboxylic acids is 1. The van der Waals surface area contributed by atoms with Crippen molar-refractivity contribution in [2.45, 2.75) is 31.8 Å². The van der Waals surface area contributed by atoms with E-state index in [1.54, 1.807) is 18.7 Å². The first-order valence-electron chi connectivity index (χ1n) is 5.30. The van der Waals surface area contributed by atoms with Gasteiger partial charge >= 0.3 is 5.97 Å². The maximum absolute atomic E-state index is 12.1. The lowest BCUT2D eigenvalue weighted by atomic mass is 9.97. The Morgan fingerprint density at radius 2 is 2.25 bits per heavy atom. The SMILES string of the molecule is CCC(C)(N)C(=O)N1CCSCC1C(=O)O. The van der Waals surface area contributed by atoms with Crippen LogP contribution in [0.15, 0.2) is 0 Å². The van der Waals surface area contributed by atoms with Crippen LogP contribution in [-0.2, 0) is 9.59 Å². The standard InChI is InChI=1S/C10H18N2O3S/c1-3-10(2,11)9(15)12-4-5-16-6-7(12)8(13)14/h7H,3-6,11H2,1-2H3,(H,13,14). The minimum Gasteiger partial charge on any atom is -0.480 e. The van der Waals surface area contributed by atoms with Crippen LogP contribution in [0.3, 0.4) is 0 Å². The number of amides is 1. The molecule has 2 unspecified atom stereocenters. The van der Waals surface area contributed by atoms with Gasteiger partial charge in [0.05, 0.1) is 5.54 Å². The number of carbonyl (C=O) groups is 2. The van der Waals surface area contributed by atoms with Gasteiger partial charge in [0.2, 0.25) is 5.91 Å². The second-order valence-corrected chi connectivity index (χ2v) is 5.35. The monoisotopic (exact) mass is 246 g/mol. The van der Waals surface area contributed by atoms with Gasteiger partial charge in [-0.05, 0) is 13.3 Å². The fourth-order valence-corrected chi connectivity index (χ4v) is 2.57. The maximum atomic E-state index is 12.1. The van der Waals surface area contributed by atoms with E-state index in [1.807, 2.05) is 6.92 Å². The number of thioether (sulfide) groups is 1. The largest absolute Gasteiger partial charge is 0.480 e. The molecule has 0 bridgehead atoms. The van der Waals surface area contributed by atoms with Gasteiger partial charge < -0.3 is 15.7 Å². The molecule has 1 amide bonds. The summed E-state index contributed by atoms with van der Waals surface area (Å²) in [6.45, 7) is 3.94. The zero-order valence-corrected chi connectivity index (χ0v) is 10.4. The quantitative estimate of drug-likeness (QED) is 0.740. The van der Waals surface area contributed by atoms with E-state index in [2.05, 4.69) is 0 Å². The summed E-state index contributed by atoms with van der Waals surface area (Å²) in [5.74, 6) is 0.00561. The molecule has 1 aliphatic rings. The number of carbonyl (C=O) groups excluding carboxylic acids is 1. The molecule has 3 N–H and O–H groups in total. The van der Waals surface area contributed by atoms with E-state index in [-0.39, 0.29) is 5.91 Å². The minimum absolute atomic E-state index is 0.261. The minimum atomic E-state index is -0.963. The van der Waals surface area contributed by atoms with E-state index in [9.17, 15) is 9.59 Å². The molecule has 0 aromatic carbocycles. The van der Waals surface area contributed by atoms with Crippen LogP contribution in [0.5, 0.6) is 0 Å². The molecule has 2 atom stereocenters. The number of nitrogens with zero attached hydrogens (tertiary/aromatic N) is 1. The summed E-state index contributed by atoms with van der Waals surface area (Å²) in [5.41, 5.74) is 4.90. The molecule has 16 heavy (non-hydrogen) atoms. The van der Waals surface area contributed by atoms with Crippen LogP contribution in [0.2, 0.25) is 0 Å². The van der Waals surface area contributed by atoms with Crippen LogP contribution >= 0.6 is 11.8 Å². The lowest BCUT2D eigenvalue weighted by molar-refractivity contribution is -0.151. The van der Waals surface area contributed by atoms with Crippen molar-refractivity contribution in [3.63, 3.8) is 0 Å². The average molecular weight is 246 g/mol. The molecular formula is C10H18N2O3S. The van der Waals surface area contributed by atoms with E-state index in [1.165, 1.54) is 4.90 Å². The molecule has 0 spiro atoms. The zero-order valence-electron chi connectivity index (χ0n) is 9.60. The van der Waals surface area contributed by atoms with Crippen LogP contribution in [0.25, 0.3) is 0 Å². The summed E-state index contributed by atoms with van der Waals surface area (Å²) >= 11 is 1.56. The number of nitrogens with two attached hydrogens (primary N) is 1. The highest BCUT2D eigenvalue weighted by atomic mass is 32.2. The summed E-state index contributed by atoms with van der Waals surface area (Å²) in [6, 6.07) is -0.735. The van der Waals surface area contributed by atoms with Gasteiger partial charge in [-0.3, -0.25) is 4.79 Å². The molecule has 0 aliphatic carbocycles. The second kappa shape index (κ2) is 5.05. The Morgan fingerprint density at radius 1 is 1.62 bits per heavy atom. The second-order valence-electron chi connectivity index (χ2n) is 4.20. The predicted molar refractivity (Wildman–Crippen MR) is 63.3 cm³/mol. The highest BCUT2D eigenvalue weighted by Gasteiger charge is 2.38. The maximum Gasteiger partial charge on any atom is 0.327 e. The fraction of sp³-hybridized carbons (Fsp3) is 0.800. The first-order chi connectivity index (χ1) is 7.40. The van der Waals surface area contributed by atoms with Crippen molar-refractivity contribution in [2.24, 2.45) is 5.73 Å². The number of rotatable bonds is 3. The number of hydrogen-bond donors (Lipinski definition) is 2. The predicted octanol–water partition coefficient (Wildman–Crippen LogP) is 0.142. The molecule has 5 nitrogen and oxygen atoms in total. The Morgan fingerprint density at radius 3 is 2.75 bits per heavy atom. The highest BCUT2D eigenvalue weighted by Crippen LogP contribution is 2.20. The molecule has 0 aromatic heterocycles. The van der Waals surface area contributed by atoms with Crippen molar-refractivity contribution < 1.29 is 14.7 Å². The van der Waals surface area contributed by atoms with Gasteiger partial charge in [-0.1, -0.05) is 6.92 Å². The first-order valence-corrected chi connectivity index (χ1v) is 6.46. The van der Waals surface area contributed by atoms with E-state index in [4.69, 9.17) is 10.8 Å². The molecule has 1 aliphatic heterocycles. The molecule has 1 saturated heterocycles. The Labute approximate surface area is 99.4 Å². The summed E-state index contributed by atoms with van der Waals surface area (Å²) in [4.78, 5) is 24.5. The summed E-state index contributed by atoms with van der Waals surface area (Å²) in [6.07, 6.45) is 0.502. The van der Waals surface area contributed by atoms with E-state index >= 15 is 0 Å². The molecular weight excluding hydrogens is 228 g/mol. The van der Waals surface area contributed by atoms with E-state index < -0.39 is 17.6 Å². The van der Waals surface area contributed by atoms with Gasteiger partial charge in [-0.25, -0.2) is 4.79 Å². The topological polar surface area (TPSA) is 83.6 Å². The lowest BCUT2D eigenvalue weighted by Crippen LogP contribution is -2.59. The molecule has 0 saturated carbocycles. The average Bonchev–Trinajstić information content (AvgIpc) is 2.28. The number of aliphatic carboxylic acids is 1. The molecule has 1 heterocycles. The fourth-order valence-electron chi connectivity index (χ4n) is 1.53. The third kappa shape index (κ3) is 2.68. The van der Waals surface area contributed by atoms with Crippen LogP contribution in [-0.4, -0.2) is 51.5 Å².